The predicted molar refractivity (Wildman–Crippen MR) is 171 cm³/mol. The molecular formula is C33H57N3O3Si. The molecule has 226 valence electrons. The van der Waals surface area contributed by atoms with Crippen LogP contribution in [0.3, 0.4) is 0 Å². The molecule has 0 N–H and O–H groups in total. The molecule has 0 fully saturated rings. The first kappa shape index (κ1) is 35.9. The number of nitrogens with zero attached hydrogens (tertiary/aromatic N) is 3. The highest BCUT2D eigenvalue weighted by Crippen LogP contribution is 2.44. The van der Waals surface area contributed by atoms with Gasteiger partial charge in [0, 0.05) is 11.5 Å². The van der Waals surface area contributed by atoms with Crippen molar-refractivity contribution >= 4 is 14.3 Å². The fourth-order valence-corrected chi connectivity index (χ4v) is 6.95. The zero-order valence-corrected chi connectivity index (χ0v) is 27.5. The molecular weight excluding hydrogens is 514 g/mol. The first-order chi connectivity index (χ1) is 19.1. The van der Waals surface area contributed by atoms with Crippen molar-refractivity contribution in [1.29, 1.82) is 0 Å². The minimum atomic E-state index is -2.16. The highest BCUT2D eigenvalue weighted by molar-refractivity contribution is 6.74. The summed E-state index contributed by atoms with van der Waals surface area (Å²) in [6, 6.07) is 8.31. The van der Waals surface area contributed by atoms with Gasteiger partial charge in [-0.2, -0.15) is 0 Å². The summed E-state index contributed by atoms with van der Waals surface area (Å²) in [6.07, 6.45) is 18.5. The van der Waals surface area contributed by atoms with Gasteiger partial charge in [-0.1, -0.05) is 128 Å². The molecule has 6 nitrogen and oxygen atoms in total. The number of esters is 1. The van der Waals surface area contributed by atoms with Crippen LogP contribution < -0.4 is 0 Å². The molecule has 1 aromatic rings. The Morgan fingerprint density at radius 2 is 1.52 bits per heavy atom. The SMILES string of the molecule is CCCCCCCCCCCCC/C=C/[C@@H](OC(=O)c1ccccc1)[C@H](CO[Si](C)(C)C(C)(C)C(C)C)N=[N+]=[N-]. The van der Waals surface area contributed by atoms with E-state index < -0.39 is 26.4 Å². The fraction of sp³-hybridized carbons (Fsp3) is 0.727. The zero-order valence-electron chi connectivity index (χ0n) is 26.5. The van der Waals surface area contributed by atoms with Gasteiger partial charge in [-0.25, -0.2) is 4.79 Å². The van der Waals surface area contributed by atoms with Gasteiger partial charge in [0.2, 0.25) is 0 Å². The Morgan fingerprint density at radius 1 is 0.975 bits per heavy atom. The fourth-order valence-electron chi connectivity index (χ4n) is 4.60. The van der Waals surface area contributed by atoms with Gasteiger partial charge in [0.05, 0.1) is 5.56 Å². The van der Waals surface area contributed by atoms with Gasteiger partial charge >= 0.3 is 5.97 Å². The Bertz CT molecular complexity index is 895. The number of hydrogen-bond donors (Lipinski definition) is 0. The minimum Gasteiger partial charge on any atom is -0.454 e. The van der Waals surface area contributed by atoms with E-state index in [0.717, 1.165) is 12.8 Å². The summed E-state index contributed by atoms with van der Waals surface area (Å²) in [6.45, 7) is 15.8. The van der Waals surface area contributed by atoms with E-state index in [4.69, 9.17) is 9.16 Å². The van der Waals surface area contributed by atoms with Gasteiger partial charge in [-0.3, -0.25) is 0 Å². The van der Waals surface area contributed by atoms with Gasteiger partial charge in [0.1, 0.15) is 12.1 Å². The summed E-state index contributed by atoms with van der Waals surface area (Å²) >= 11 is 0. The van der Waals surface area contributed by atoms with Crippen LogP contribution in [0.5, 0.6) is 0 Å². The van der Waals surface area contributed by atoms with Crippen LogP contribution in [0, 0.1) is 5.92 Å². The maximum Gasteiger partial charge on any atom is 0.338 e. The second-order valence-electron chi connectivity index (χ2n) is 12.5. The molecule has 0 radical (unpaired) electrons. The molecule has 0 aliphatic heterocycles. The quantitative estimate of drug-likeness (QED) is 0.0264. The standard InChI is InChI=1S/C33H57N3O3Si/c1-8-9-10-11-12-13-14-15-16-17-18-19-23-26-31(39-32(37)29-24-21-20-22-25-29)30(35-36-34)27-38-40(6,7)33(4,5)28(2)3/h20-26,28,30-31H,8-19,27H2,1-7H3/b26-23+/t30-,31+/m0/s1. The van der Waals surface area contributed by atoms with E-state index in [0.29, 0.717) is 11.5 Å². The number of hydrogen-bond acceptors (Lipinski definition) is 4. The number of allylic oxidation sites excluding steroid dienone is 1. The molecule has 1 aromatic carbocycles. The lowest BCUT2D eigenvalue weighted by atomic mass is 9.99. The maximum absolute atomic E-state index is 12.9. The van der Waals surface area contributed by atoms with Crippen molar-refractivity contribution in [2.24, 2.45) is 11.0 Å². The second-order valence-corrected chi connectivity index (χ2v) is 17.1. The van der Waals surface area contributed by atoms with E-state index >= 15 is 0 Å². The third-order valence-corrected chi connectivity index (χ3v) is 13.3. The van der Waals surface area contributed by atoms with Crippen molar-refractivity contribution in [2.45, 2.75) is 142 Å². The van der Waals surface area contributed by atoms with E-state index in [1.807, 2.05) is 24.3 Å². The molecule has 7 heteroatoms. The van der Waals surface area contributed by atoms with Gasteiger partial charge in [-0.05, 0) is 60.6 Å². The smallest absolute Gasteiger partial charge is 0.338 e. The largest absolute Gasteiger partial charge is 0.454 e. The third-order valence-electron chi connectivity index (χ3n) is 8.74. The number of carbonyl (C=O) groups excluding carboxylic acids is 1. The van der Waals surface area contributed by atoms with Crippen molar-refractivity contribution < 1.29 is 14.0 Å². The van der Waals surface area contributed by atoms with E-state index in [9.17, 15) is 10.3 Å². The third kappa shape index (κ3) is 13.5. The number of benzene rings is 1. The topological polar surface area (TPSA) is 84.3 Å². The second kappa shape index (κ2) is 19.9. The molecule has 0 saturated heterocycles. The van der Waals surface area contributed by atoms with Crippen molar-refractivity contribution in [2.75, 3.05) is 6.61 Å². The molecule has 0 bridgehead atoms. The normalized spacial score (nSPS) is 13.8. The van der Waals surface area contributed by atoms with Crippen molar-refractivity contribution in [1.82, 2.24) is 0 Å². The van der Waals surface area contributed by atoms with Gasteiger partial charge in [-0.15, -0.1) is 0 Å². The zero-order chi connectivity index (χ0) is 29.9. The first-order valence-electron chi connectivity index (χ1n) is 15.7. The van der Waals surface area contributed by atoms with Crippen LogP contribution in [-0.4, -0.2) is 33.0 Å². The number of carbonyl (C=O) groups is 1. The van der Waals surface area contributed by atoms with E-state index in [-0.39, 0.29) is 11.6 Å². The highest BCUT2D eigenvalue weighted by atomic mass is 28.4. The lowest BCUT2D eigenvalue weighted by Crippen LogP contribution is -2.47. The molecule has 0 amide bonds. The Hall–Kier alpha value is -2.08. The van der Waals surface area contributed by atoms with Crippen LogP contribution in [0.1, 0.15) is 122 Å². The minimum absolute atomic E-state index is 0.0228. The molecule has 0 aromatic heterocycles. The van der Waals surface area contributed by atoms with Crippen LogP contribution in [0.15, 0.2) is 47.6 Å². The van der Waals surface area contributed by atoms with Crippen molar-refractivity contribution in [3.05, 3.63) is 58.5 Å². The summed E-state index contributed by atoms with van der Waals surface area (Å²) < 4.78 is 12.4. The molecule has 0 heterocycles. The van der Waals surface area contributed by atoms with Crippen molar-refractivity contribution in [3.8, 4) is 0 Å². The molecule has 0 saturated carbocycles. The summed E-state index contributed by atoms with van der Waals surface area (Å²) in [5.74, 6) is 0.0200. The molecule has 0 aliphatic carbocycles. The summed E-state index contributed by atoms with van der Waals surface area (Å²) in [5.41, 5.74) is 9.82. The van der Waals surface area contributed by atoms with Crippen LogP contribution in [0.25, 0.3) is 10.4 Å². The van der Waals surface area contributed by atoms with Crippen LogP contribution in [0.2, 0.25) is 18.1 Å². The number of azide groups is 1. The monoisotopic (exact) mass is 571 g/mol. The average molecular weight is 572 g/mol. The number of rotatable bonds is 22. The van der Waals surface area contributed by atoms with E-state index in [1.54, 1.807) is 12.1 Å². The Labute approximate surface area is 246 Å². The predicted octanol–water partition coefficient (Wildman–Crippen LogP) is 10.8. The Kier molecular flexibility index (Phi) is 17.9. The molecule has 40 heavy (non-hydrogen) atoms. The Balaban J connectivity index is 2.74. The van der Waals surface area contributed by atoms with Crippen LogP contribution >= 0.6 is 0 Å². The van der Waals surface area contributed by atoms with Crippen molar-refractivity contribution in [3.63, 3.8) is 0 Å². The highest BCUT2D eigenvalue weighted by Gasteiger charge is 2.43. The molecule has 0 unspecified atom stereocenters. The first-order valence-corrected chi connectivity index (χ1v) is 18.6. The average Bonchev–Trinajstić information content (AvgIpc) is 2.93. The summed E-state index contributed by atoms with van der Waals surface area (Å²) in [7, 11) is -2.16. The van der Waals surface area contributed by atoms with E-state index in [2.05, 4.69) is 63.8 Å². The van der Waals surface area contributed by atoms with Gasteiger partial charge < -0.3 is 9.16 Å². The van der Waals surface area contributed by atoms with Crippen LogP contribution in [0.4, 0.5) is 0 Å². The molecule has 1 rings (SSSR count). The lowest BCUT2D eigenvalue weighted by Gasteiger charge is -2.43. The van der Waals surface area contributed by atoms with Crippen LogP contribution in [-0.2, 0) is 9.16 Å². The Morgan fingerprint density at radius 3 is 2.05 bits per heavy atom. The molecule has 0 spiro atoms. The number of unbranched alkanes of at least 4 members (excludes halogenated alkanes) is 11. The molecule has 0 aliphatic rings. The lowest BCUT2D eigenvalue weighted by molar-refractivity contribution is 0.0308. The molecule has 2 atom stereocenters. The summed E-state index contributed by atoms with van der Waals surface area (Å²) in [5, 5.41) is 4.05. The number of ether oxygens (including phenoxy) is 1. The van der Waals surface area contributed by atoms with Gasteiger partial charge in [0.25, 0.3) is 0 Å². The maximum atomic E-state index is 12.9. The van der Waals surface area contributed by atoms with Gasteiger partial charge in [0.15, 0.2) is 8.32 Å². The summed E-state index contributed by atoms with van der Waals surface area (Å²) in [4.78, 5) is 16.0. The van der Waals surface area contributed by atoms with E-state index in [1.165, 1.54) is 64.2 Å².